The maximum absolute atomic E-state index is 13.1. The lowest BCUT2D eigenvalue weighted by Crippen LogP contribution is -2.50. The van der Waals surface area contributed by atoms with Gasteiger partial charge in [0.15, 0.2) is 0 Å². The van der Waals surface area contributed by atoms with Crippen molar-refractivity contribution in [1.29, 1.82) is 0 Å². The highest BCUT2D eigenvalue weighted by Crippen LogP contribution is 2.28. The Kier molecular flexibility index (Phi) is 6.62. The number of carbonyl (C=O) groups is 1. The third-order valence-corrected chi connectivity index (χ3v) is 6.43. The first-order chi connectivity index (χ1) is 17.6. The van der Waals surface area contributed by atoms with E-state index in [9.17, 15) is 9.59 Å². The molecule has 186 valence electrons. The molecule has 0 atom stereocenters. The van der Waals surface area contributed by atoms with Crippen molar-refractivity contribution in [2.75, 3.05) is 44.8 Å². The van der Waals surface area contributed by atoms with Crippen LogP contribution in [-0.2, 0) is 11.3 Å². The highest BCUT2D eigenvalue weighted by atomic mass is 16.5. The van der Waals surface area contributed by atoms with Gasteiger partial charge in [0.1, 0.15) is 23.6 Å². The highest BCUT2D eigenvalue weighted by Gasteiger charge is 2.23. The maximum Gasteiger partial charge on any atom is 0.277 e. The van der Waals surface area contributed by atoms with Crippen molar-refractivity contribution in [2.24, 2.45) is 0 Å². The molecule has 1 fully saturated rings. The van der Waals surface area contributed by atoms with Gasteiger partial charge in [-0.15, -0.1) is 0 Å². The first-order valence-corrected chi connectivity index (χ1v) is 12.0. The van der Waals surface area contributed by atoms with E-state index in [4.69, 9.17) is 9.47 Å². The quantitative estimate of drug-likeness (QED) is 0.399. The van der Waals surface area contributed by atoms with Gasteiger partial charge < -0.3 is 23.8 Å². The Morgan fingerprint density at radius 3 is 2.47 bits per heavy atom. The van der Waals surface area contributed by atoms with E-state index in [0.29, 0.717) is 44.0 Å². The van der Waals surface area contributed by atoms with E-state index in [2.05, 4.69) is 10.00 Å². The lowest BCUT2D eigenvalue weighted by atomic mass is 10.1. The van der Waals surface area contributed by atoms with Crippen LogP contribution in [0.5, 0.6) is 11.5 Å². The Bertz CT molecular complexity index is 1420. The molecule has 36 heavy (non-hydrogen) atoms. The summed E-state index contributed by atoms with van der Waals surface area (Å²) in [7, 11) is 1.66. The van der Waals surface area contributed by atoms with Crippen molar-refractivity contribution in [1.82, 2.24) is 19.1 Å². The van der Waals surface area contributed by atoms with Crippen LogP contribution < -0.4 is 19.9 Å². The summed E-state index contributed by atoms with van der Waals surface area (Å²) in [6, 6.07) is 17.2. The second-order valence-corrected chi connectivity index (χ2v) is 8.59. The van der Waals surface area contributed by atoms with E-state index in [1.807, 2.05) is 60.4 Å². The van der Waals surface area contributed by atoms with Gasteiger partial charge in [0, 0.05) is 44.1 Å². The topological polar surface area (TPSA) is 81.3 Å². The molecule has 9 nitrogen and oxygen atoms in total. The van der Waals surface area contributed by atoms with Crippen LogP contribution in [0.1, 0.15) is 6.92 Å². The number of benzene rings is 2. The van der Waals surface area contributed by atoms with Crippen molar-refractivity contribution in [3.8, 4) is 22.8 Å². The van der Waals surface area contributed by atoms with Crippen LogP contribution in [0.2, 0.25) is 0 Å². The summed E-state index contributed by atoms with van der Waals surface area (Å²) in [5.41, 5.74) is 2.78. The van der Waals surface area contributed by atoms with E-state index in [1.165, 1.54) is 4.57 Å². The zero-order valence-electron chi connectivity index (χ0n) is 20.5. The molecule has 0 unspecified atom stereocenters. The number of methoxy groups -OCH3 is 1. The van der Waals surface area contributed by atoms with Gasteiger partial charge >= 0.3 is 0 Å². The molecular formula is C27H29N5O4. The summed E-state index contributed by atoms with van der Waals surface area (Å²) in [6.45, 7) is 5.11. The molecule has 1 amide bonds. The number of amides is 1. The average Bonchev–Trinajstić information content (AvgIpc) is 3.36. The lowest BCUT2D eigenvalue weighted by Gasteiger charge is -2.36. The zero-order chi connectivity index (χ0) is 25.1. The van der Waals surface area contributed by atoms with Gasteiger partial charge in [-0.25, -0.2) is 4.52 Å². The molecule has 0 saturated carbocycles. The first-order valence-electron chi connectivity index (χ1n) is 12.0. The SMILES string of the molecule is CCOc1ccc(-c2cc3c(=O)n(CC(=O)N4CCN(c5ccccc5OC)CC4)ccn3n2)cc1. The van der Waals surface area contributed by atoms with E-state index >= 15 is 0 Å². The molecule has 9 heteroatoms. The van der Waals surface area contributed by atoms with Crippen LogP contribution in [0.15, 0.2) is 71.8 Å². The molecule has 0 aliphatic carbocycles. The van der Waals surface area contributed by atoms with Crippen molar-refractivity contribution < 1.29 is 14.3 Å². The molecule has 0 spiro atoms. The van der Waals surface area contributed by atoms with Gasteiger partial charge in [0.2, 0.25) is 5.91 Å². The van der Waals surface area contributed by atoms with Crippen LogP contribution in [0.4, 0.5) is 5.69 Å². The molecule has 3 heterocycles. The summed E-state index contributed by atoms with van der Waals surface area (Å²) in [5.74, 6) is 1.53. The standard InChI is InChI=1S/C27H29N5O4/c1-3-36-21-10-8-20(9-11-21)22-18-24-27(34)31(16-17-32(24)28-22)19-26(33)30-14-12-29(13-15-30)23-6-4-5-7-25(23)35-2/h4-11,16-18H,3,12-15,19H2,1-2H3. The molecule has 0 radical (unpaired) electrons. The number of para-hydroxylation sites is 2. The van der Waals surface area contributed by atoms with Gasteiger partial charge in [0.25, 0.3) is 5.56 Å². The third kappa shape index (κ3) is 4.64. The van der Waals surface area contributed by atoms with Crippen LogP contribution in [0, 0.1) is 0 Å². The van der Waals surface area contributed by atoms with Gasteiger partial charge in [-0.05, 0) is 49.4 Å². The second-order valence-electron chi connectivity index (χ2n) is 8.59. The third-order valence-electron chi connectivity index (χ3n) is 6.43. The Morgan fingerprint density at radius 1 is 1.00 bits per heavy atom. The number of hydrogen-bond donors (Lipinski definition) is 0. The number of hydrogen-bond acceptors (Lipinski definition) is 6. The van der Waals surface area contributed by atoms with Gasteiger partial charge in [0.05, 0.1) is 25.1 Å². The fraction of sp³-hybridized carbons (Fsp3) is 0.296. The molecule has 1 aliphatic heterocycles. The fourth-order valence-corrected chi connectivity index (χ4v) is 4.51. The van der Waals surface area contributed by atoms with Crippen molar-refractivity contribution in [3.63, 3.8) is 0 Å². The van der Waals surface area contributed by atoms with E-state index in [-0.39, 0.29) is 18.0 Å². The van der Waals surface area contributed by atoms with Crippen LogP contribution in [0.25, 0.3) is 16.8 Å². The largest absolute Gasteiger partial charge is 0.495 e. The zero-order valence-corrected chi connectivity index (χ0v) is 20.5. The molecule has 5 rings (SSSR count). The number of carbonyl (C=O) groups excluding carboxylic acids is 1. The van der Waals surface area contributed by atoms with E-state index in [0.717, 1.165) is 22.7 Å². The van der Waals surface area contributed by atoms with Gasteiger partial charge in [-0.3, -0.25) is 9.59 Å². The molecule has 2 aromatic heterocycles. The minimum Gasteiger partial charge on any atom is -0.495 e. The monoisotopic (exact) mass is 487 g/mol. The normalized spacial score (nSPS) is 13.7. The molecule has 1 aliphatic rings. The summed E-state index contributed by atoms with van der Waals surface area (Å²) in [4.78, 5) is 30.2. The number of nitrogens with zero attached hydrogens (tertiary/aromatic N) is 5. The van der Waals surface area contributed by atoms with Gasteiger partial charge in [-0.1, -0.05) is 12.1 Å². The Labute approximate surface area is 209 Å². The number of aromatic nitrogens is 3. The minimum atomic E-state index is -0.247. The summed E-state index contributed by atoms with van der Waals surface area (Å²) in [6.07, 6.45) is 3.33. The van der Waals surface area contributed by atoms with E-state index in [1.54, 1.807) is 30.1 Å². The number of ether oxygens (including phenoxy) is 2. The smallest absolute Gasteiger partial charge is 0.277 e. The number of piperazine rings is 1. The van der Waals surface area contributed by atoms with Crippen molar-refractivity contribution in [2.45, 2.75) is 13.5 Å². The van der Waals surface area contributed by atoms with E-state index < -0.39 is 0 Å². The molecular weight excluding hydrogens is 458 g/mol. The molecule has 1 saturated heterocycles. The minimum absolute atomic E-state index is 0.00639. The van der Waals surface area contributed by atoms with Crippen LogP contribution >= 0.6 is 0 Å². The Hall–Kier alpha value is -4.27. The summed E-state index contributed by atoms with van der Waals surface area (Å²) in [5, 5.41) is 4.53. The average molecular weight is 488 g/mol. The van der Waals surface area contributed by atoms with Gasteiger partial charge in [-0.2, -0.15) is 5.10 Å². The molecule has 0 bridgehead atoms. The molecule has 4 aromatic rings. The van der Waals surface area contributed by atoms with Crippen molar-refractivity contribution in [3.05, 3.63) is 77.3 Å². The number of anilines is 1. The van der Waals surface area contributed by atoms with Crippen molar-refractivity contribution >= 4 is 17.1 Å². The molecule has 2 aromatic carbocycles. The fourth-order valence-electron chi connectivity index (χ4n) is 4.51. The lowest BCUT2D eigenvalue weighted by molar-refractivity contribution is -0.132. The number of fused-ring (bicyclic) bond motifs is 1. The molecule has 0 N–H and O–H groups in total. The summed E-state index contributed by atoms with van der Waals surface area (Å²) < 4.78 is 14.0. The Morgan fingerprint density at radius 2 is 1.75 bits per heavy atom. The number of rotatable bonds is 7. The predicted molar refractivity (Wildman–Crippen MR) is 138 cm³/mol. The highest BCUT2D eigenvalue weighted by molar-refractivity contribution is 5.76. The second kappa shape index (κ2) is 10.2. The predicted octanol–water partition coefficient (Wildman–Crippen LogP) is 2.92. The first kappa shape index (κ1) is 23.5. The van der Waals surface area contributed by atoms with Crippen LogP contribution in [0.3, 0.4) is 0 Å². The maximum atomic E-state index is 13.1. The summed E-state index contributed by atoms with van der Waals surface area (Å²) >= 11 is 0. The van der Waals surface area contributed by atoms with Crippen LogP contribution in [-0.4, -0.2) is 64.9 Å². The Balaban J connectivity index is 1.27.